The number of ether oxygens (including phenoxy) is 1. The summed E-state index contributed by atoms with van der Waals surface area (Å²) in [5.41, 5.74) is 2.13. The molecule has 3 N–H and O–H groups in total. The number of rotatable bonds is 7. The molecule has 0 heterocycles. The molecule has 0 aliphatic carbocycles. The van der Waals surface area contributed by atoms with Crippen LogP contribution in [-0.4, -0.2) is 30.0 Å². The monoisotopic (exact) mass is 234 g/mol. The third-order valence-electron chi connectivity index (χ3n) is 1.84. The first kappa shape index (κ1) is 14.2. The zero-order valence-corrected chi connectivity index (χ0v) is 9.93. The van der Waals surface area contributed by atoms with E-state index in [1.165, 1.54) is 18.9 Å². The van der Waals surface area contributed by atoms with Crippen LogP contribution in [0, 0.1) is 0 Å². The highest BCUT2D eigenvalue weighted by molar-refractivity contribution is 8.00. The van der Waals surface area contributed by atoms with Gasteiger partial charge in [0.2, 0.25) is 5.91 Å². The fourth-order valence-electron chi connectivity index (χ4n) is 1.03. The highest BCUT2D eigenvalue weighted by atomic mass is 32.2. The first-order valence-corrected chi connectivity index (χ1v) is 5.89. The van der Waals surface area contributed by atoms with Crippen LogP contribution in [0.2, 0.25) is 0 Å². The number of hydrogen-bond donors (Lipinski definition) is 2. The van der Waals surface area contributed by atoms with Crippen molar-refractivity contribution >= 4 is 23.6 Å². The van der Waals surface area contributed by atoms with E-state index in [-0.39, 0.29) is 17.1 Å². The van der Waals surface area contributed by atoms with Crippen molar-refractivity contribution in [3.63, 3.8) is 0 Å². The zero-order chi connectivity index (χ0) is 11.7. The van der Waals surface area contributed by atoms with Crippen molar-refractivity contribution in [2.75, 3.05) is 12.9 Å². The molecule has 0 aromatic rings. The van der Waals surface area contributed by atoms with Crippen molar-refractivity contribution in [2.45, 2.75) is 31.4 Å². The molecule has 0 aliphatic heterocycles. The van der Waals surface area contributed by atoms with E-state index in [1.54, 1.807) is 0 Å². The van der Waals surface area contributed by atoms with Gasteiger partial charge < -0.3 is 4.74 Å². The summed E-state index contributed by atoms with van der Waals surface area (Å²) >= 11 is 1.43. The Hall–Kier alpha value is -0.750. The lowest BCUT2D eigenvalue weighted by Crippen LogP contribution is -2.37. The molecule has 15 heavy (non-hydrogen) atoms. The van der Waals surface area contributed by atoms with Crippen LogP contribution in [0.25, 0.3) is 0 Å². The first-order chi connectivity index (χ1) is 7.15. The molecule has 0 fully saturated rings. The lowest BCUT2D eigenvalue weighted by Gasteiger charge is -2.13. The number of carbonyl (C=O) groups is 2. The molecule has 1 amide bonds. The van der Waals surface area contributed by atoms with Gasteiger partial charge in [0.1, 0.15) is 0 Å². The summed E-state index contributed by atoms with van der Waals surface area (Å²) in [6.45, 7) is 2.00. The molecule has 0 radical (unpaired) electrons. The van der Waals surface area contributed by atoms with Crippen molar-refractivity contribution in [1.29, 1.82) is 0 Å². The smallest absolute Gasteiger partial charge is 0.306 e. The van der Waals surface area contributed by atoms with Gasteiger partial charge in [-0.25, -0.2) is 5.84 Å². The summed E-state index contributed by atoms with van der Waals surface area (Å²) < 4.78 is 4.50. The molecule has 0 bridgehead atoms. The summed E-state index contributed by atoms with van der Waals surface area (Å²) in [6, 6.07) is 0. The van der Waals surface area contributed by atoms with E-state index in [4.69, 9.17) is 5.84 Å². The highest BCUT2D eigenvalue weighted by Crippen LogP contribution is 2.17. The standard InChI is InChI=1S/C9H18N2O3S/c1-3-4-7(9(13)11-10)15-6-5-8(12)14-2/h7H,3-6,10H2,1-2H3,(H,11,13). The van der Waals surface area contributed by atoms with E-state index in [2.05, 4.69) is 10.2 Å². The molecular formula is C9H18N2O3S. The van der Waals surface area contributed by atoms with Crippen molar-refractivity contribution in [2.24, 2.45) is 5.84 Å². The Morgan fingerprint density at radius 1 is 1.53 bits per heavy atom. The number of methoxy groups -OCH3 is 1. The van der Waals surface area contributed by atoms with Gasteiger partial charge in [-0.3, -0.25) is 15.0 Å². The van der Waals surface area contributed by atoms with Crippen LogP contribution in [0.1, 0.15) is 26.2 Å². The van der Waals surface area contributed by atoms with Crippen LogP contribution in [0.15, 0.2) is 0 Å². The second kappa shape index (κ2) is 8.55. The predicted octanol–water partition coefficient (Wildman–Crippen LogP) is 0.441. The number of amides is 1. The Morgan fingerprint density at radius 2 is 2.20 bits per heavy atom. The lowest BCUT2D eigenvalue weighted by atomic mass is 10.2. The second-order valence-electron chi connectivity index (χ2n) is 2.98. The SMILES string of the molecule is CCCC(SCCC(=O)OC)C(=O)NN. The van der Waals surface area contributed by atoms with Gasteiger partial charge in [0.25, 0.3) is 0 Å². The quantitative estimate of drug-likeness (QED) is 0.289. The Balaban J connectivity index is 3.85. The van der Waals surface area contributed by atoms with E-state index >= 15 is 0 Å². The largest absolute Gasteiger partial charge is 0.469 e. The van der Waals surface area contributed by atoms with Crippen molar-refractivity contribution in [3.8, 4) is 0 Å². The molecule has 0 aromatic heterocycles. The Labute approximate surface area is 94.1 Å². The molecule has 0 rings (SSSR count). The molecule has 5 nitrogen and oxygen atoms in total. The topological polar surface area (TPSA) is 81.4 Å². The van der Waals surface area contributed by atoms with Crippen LogP contribution in [0.4, 0.5) is 0 Å². The number of hydrogen-bond acceptors (Lipinski definition) is 5. The van der Waals surface area contributed by atoms with Crippen LogP contribution in [0.5, 0.6) is 0 Å². The summed E-state index contributed by atoms with van der Waals surface area (Å²) in [6.07, 6.45) is 1.98. The molecular weight excluding hydrogens is 216 g/mol. The number of nitrogens with one attached hydrogen (secondary N) is 1. The minimum Gasteiger partial charge on any atom is -0.469 e. The van der Waals surface area contributed by atoms with Crippen molar-refractivity contribution in [3.05, 3.63) is 0 Å². The van der Waals surface area contributed by atoms with Gasteiger partial charge in [-0.05, 0) is 6.42 Å². The molecule has 88 valence electrons. The maximum Gasteiger partial charge on any atom is 0.306 e. The van der Waals surface area contributed by atoms with E-state index in [9.17, 15) is 9.59 Å². The Kier molecular flexibility index (Phi) is 8.12. The number of carbonyl (C=O) groups excluding carboxylic acids is 2. The van der Waals surface area contributed by atoms with Gasteiger partial charge in [-0.2, -0.15) is 0 Å². The maximum atomic E-state index is 11.3. The average molecular weight is 234 g/mol. The molecule has 1 unspecified atom stereocenters. The Morgan fingerprint density at radius 3 is 2.67 bits per heavy atom. The summed E-state index contributed by atoms with van der Waals surface area (Å²) in [5.74, 6) is 5.18. The minimum atomic E-state index is -0.258. The van der Waals surface area contributed by atoms with Gasteiger partial charge >= 0.3 is 5.97 Å². The normalized spacial score (nSPS) is 11.9. The third kappa shape index (κ3) is 6.35. The van der Waals surface area contributed by atoms with Crippen LogP contribution in [-0.2, 0) is 14.3 Å². The van der Waals surface area contributed by atoms with Gasteiger partial charge in [-0.15, -0.1) is 11.8 Å². The average Bonchev–Trinajstić information content (AvgIpc) is 2.26. The molecule has 0 saturated heterocycles. The van der Waals surface area contributed by atoms with E-state index < -0.39 is 0 Å². The van der Waals surface area contributed by atoms with Gasteiger partial charge in [0, 0.05) is 5.75 Å². The predicted molar refractivity (Wildman–Crippen MR) is 60.1 cm³/mol. The van der Waals surface area contributed by atoms with E-state index in [0.29, 0.717) is 12.2 Å². The zero-order valence-electron chi connectivity index (χ0n) is 9.12. The summed E-state index contributed by atoms with van der Waals surface area (Å²) in [7, 11) is 1.35. The summed E-state index contributed by atoms with van der Waals surface area (Å²) in [5, 5.41) is -0.176. The Bertz CT molecular complexity index is 212. The fraction of sp³-hybridized carbons (Fsp3) is 0.778. The van der Waals surface area contributed by atoms with Crippen LogP contribution in [0.3, 0.4) is 0 Å². The van der Waals surface area contributed by atoms with Gasteiger partial charge in [0.15, 0.2) is 0 Å². The lowest BCUT2D eigenvalue weighted by molar-refractivity contribution is -0.140. The highest BCUT2D eigenvalue weighted by Gasteiger charge is 2.17. The van der Waals surface area contributed by atoms with Crippen molar-refractivity contribution in [1.82, 2.24) is 5.43 Å². The van der Waals surface area contributed by atoms with Gasteiger partial charge in [-0.1, -0.05) is 13.3 Å². The van der Waals surface area contributed by atoms with E-state index in [1.807, 2.05) is 6.92 Å². The number of hydrazine groups is 1. The molecule has 0 aromatic carbocycles. The van der Waals surface area contributed by atoms with Crippen molar-refractivity contribution < 1.29 is 14.3 Å². The number of esters is 1. The first-order valence-electron chi connectivity index (χ1n) is 4.84. The molecule has 0 saturated carbocycles. The number of thioether (sulfide) groups is 1. The van der Waals surface area contributed by atoms with Crippen LogP contribution >= 0.6 is 11.8 Å². The molecule has 1 atom stereocenters. The molecule has 0 spiro atoms. The second-order valence-corrected chi connectivity index (χ2v) is 4.29. The third-order valence-corrected chi connectivity index (χ3v) is 3.13. The fourth-order valence-corrected chi connectivity index (χ4v) is 2.22. The maximum absolute atomic E-state index is 11.3. The summed E-state index contributed by atoms with van der Waals surface area (Å²) in [4.78, 5) is 22.1. The number of nitrogens with two attached hydrogens (primary N) is 1. The molecule has 6 heteroatoms. The molecule has 0 aliphatic rings. The minimum absolute atomic E-state index is 0.176. The van der Waals surface area contributed by atoms with Gasteiger partial charge in [0.05, 0.1) is 18.8 Å². The van der Waals surface area contributed by atoms with Crippen LogP contribution < -0.4 is 11.3 Å². The van der Waals surface area contributed by atoms with E-state index in [0.717, 1.165) is 12.8 Å².